The predicted octanol–water partition coefficient (Wildman–Crippen LogP) is 5.02. The molecule has 2 amide bonds. The molecule has 1 aliphatic rings. The van der Waals surface area contributed by atoms with Crippen LogP contribution in [-0.2, 0) is 16.0 Å². The summed E-state index contributed by atoms with van der Waals surface area (Å²) < 4.78 is 0. The smallest absolute Gasteiger partial charge is 0.238 e. The number of carbonyl (C=O) groups excluding carboxylic acids is 2. The van der Waals surface area contributed by atoms with Crippen LogP contribution in [0.2, 0.25) is 0 Å². The summed E-state index contributed by atoms with van der Waals surface area (Å²) in [6, 6.07) is 19.7. The molecule has 0 radical (unpaired) electrons. The number of thiophene rings is 1. The monoisotopic (exact) mass is 408 g/mol. The van der Waals surface area contributed by atoms with E-state index < -0.39 is 0 Å². The van der Waals surface area contributed by atoms with Crippen LogP contribution < -0.4 is 10.2 Å². The first kappa shape index (κ1) is 18.8. The van der Waals surface area contributed by atoms with Crippen LogP contribution in [0.3, 0.4) is 0 Å². The highest BCUT2D eigenvalue weighted by atomic mass is 32.2. The van der Waals surface area contributed by atoms with Gasteiger partial charge in [-0.1, -0.05) is 35.9 Å². The van der Waals surface area contributed by atoms with Gasteiger partial charge in [-0.25, -0.2) is 0 Å². The van der Waals surface area contributed by atoms with E-state index in [2.05, 4.69) is 5.32 Å². The van der Waals surface area contributed by atoms with E-state index in [1.807, 2.05) is 77.9 Å². The number of thioether (sulfide) groups is 1. The first-order chi connectivity index (χ1) is 13.6. The Hall–Kier alpha value is -2.57. The number of rotatable bonds is 5. The second-order valence-electron chi connectivity index (χ2n) is 6.69. The number of amides is 2. The molecule has 4 rings (SSSR count). The molecule has 28 heavy (non-hydrogen) atoms. The summed E-state index contributed by atoms with van der Waals surface area (Å²) >= 11 is 3.20. The van der Waals surface area contributed by atoms with Crippen molar-refractivity contribution in [3.63, 3.8) is 0 Å². The van der Waals surface area contributed by atoms with E-state index in [0.29, 0.717) is 12.2 Å². The van der Waals surface area contributed by atoms with E-state index in [4.69, 9.17) is 0 Å². The second-order valence-corrected chi connectivity index (χ2v) is 8.79. The first-order valence-corrected chi connectivity index (χ1v) is 11.0. The largest absolute Gasteiger partial charge is 0.326 e. The van der Waals surface area contributed by atoms with E-state index >= 15 is 0 Å². The Labute approximate surface area is 172 Å². The summed E-state index contributed by atoms with van der Waals surface area (Å²) in [6.45, 7) is 2.04. The lowest BCUT2D eigenvalue weighted by Crippen LogP contribution is -2.27. The lowest BCUT2D eigenvalue weighted by molar-refractivity contribution is -0.116. The second kappa shape index (κ2) is 8.20. The Morgan fingerprint density at radius 2 is 1.86 bits per heavy atom. The molecule has 1 unspecified atom stereocenters. The Balaban J connectivity index is 1.47. The maximum Gasteiger partial charge on any atom is 0.238 e. The van der Waals surface area contributed by atoms with Crippen molar-refractivity contribution in [1.29, 1.82) is 0 Å². The molecule has 1 N–H and O–H groups in total. The molecule has 0 saturated carbocycles. The summed E-state index contributed by atoms with van der Waals surface area (Å²) in [7, 11) is 0. The zero-order valence-electron chi connectivity index (χ0n) is 15.4. The third kappa shape index (κ3) is 4.13. The van der Waals surface area contributed by atoms with Crippen LogP contribution in [0, 0.1) is 6.92 Å². The van der Waals surface area contributed by atoms with Gasteiger partial charge in [0, 0.05) is 16.3 Å². The molecule has 0 bridgehead atoms. The molecule has 142 valence electrons. The van der Waals surface area contributed by atoms with Gasteiger partial charge in [-0.05, 0) is 48.2 Å². The van der Waals surface area contributed by atoms with Crippen LogP contribution >= 0.6 is 23.1 Å². The van der Waals surface area contributed by atoms with Gasteiger partial charge >= 0.3 is 0 Å². The number of nitrogens with zero attached hydrogens (tertiary/aromatic N) is 1. The third-order valence-corrected chi connectivity index (χ3v) is 6.66. The van der Waals surface area contributed by atoms with Gasteiger partial charge < -0.3 is 5.32 Å². The Bertz CT molecular complexity index is 967. The molecule has 2 aromatic carbocycles. The normalized spacial score (nSPS) is 16.4. The fourth-order valence-corrected chi connectivity index (χ4v) is 5.04. The number of hydrogen-bond donors (Lipinski definition) is 1. The summed E-state index contributed by atoms with van der Waals surface area (Å²) in [5.74, 6) is 0.562. The van der Waals surface area contributed by atoms with Crippen molar-refractivity contribution in [2.24, 2.45) is 0 Å². The van der Waals surface area contributed by atoms with Gasteiger partial charge in [0.1, 0.15) is 5.37 Å². The van der Waals surface area contributed by atoms with Crippen LogP contribution in [-0.4, -0.2) is 17.6 Å². The molecule has 2 heterocycles. The first-order valence-electron chi connectivity index (χ1n) is 9.03. The summed E-state index contributed by atoms with van der Waals surface area (Å²) in [5.41, 5.74) is 3.90. The minimum Gasteiger partial charge on any atom is -0.326 e. The molecule has 3 aromatic rings. The van der Waals surface area contributed by atoms with E-state index in [1.165, 1.54) is 5.56 Å². The number of hydrogen-bond acceptors (Lipinski definition) is 4. The molecule has 1 aliphatic heterocycles. The van der Waals surface area contributed by atoms with Crippen molar-refractivity contribution in [2.45, 2.75) is 18.7 Å². The van der Waals surface area contributed by atoms with Crippen molar-refractivity contribution in [1.82, 2.24) is 0 Å². The van der Waals surface area contributed by atoms with Crippen molar-refractivity contribution < 1.29 is 9.59 Å². The number of benzene rings is 2. The van der Waals surface area contributed by atoms with E-state index in [0.717, 1.165) is 21.8 Å². The van der Waals surface area contributed by atoms with Crippen LogP contribution in [0.25, 0.3) is 0 Å². The quantitative estimate of drug-likeness (QED) is 0.645. The van der Waals surface area contributed by atoms with Gasteiger partial charge in [-0.2, -0.15) is 0 Å². The SMILES string of the molecule is Cc1ccc(N2C(=O)CSC2c2ccc(NC(=O)Cc3cccs3)cc2)cc1. The van der Waals surface area contributed by atoms with E-state index in [-0.39, 0.29) is 17.2 Å². The number of nitrogens with one attached hydrogen (secondary N) is 1. The predicted molar refractivity (Wildman–Crippen MR) is 117 cm³/mol. The summed E-state index contributed by atoms with van der Waals surface area (Å²) in [6.07, 6.45) is 0.383. The Morgan fingerprint density at radius 1 is 1.11 bits per heavy atom. The summed E-state index contributed by atoms with van der Waals surface area (Å²) in [5, 5.41) is 4.86. The van der Waals surface area contributed by atoms with Crippen LogP contribution in [0.4, 0.5) is 11.4 Å². The fourth-order valence-electron chi connectivity index (χ4n) is 3.16. The van der Waals surface area contributed by atoms with E-state index in [1.54, 1.807) is 23.1 Å². The number of carbonyl (C=O) groups is 2. The molecule has 4 nitrogen and oxygen atoms in total. The molecular formula is C22H20N2O2S2. The van der Waals surface area contributed by atoms with Crippen molar-refractivity contribution in [3.8, 4) is 0 Å². The molecular weight excluding hydrogens is 388 g/mol. The average molecular weight is 409 g/mol. The molecule has 1 fully saturated rings. The Kier molecular flexibility index (Phi) is 5.50. The number of aryl methyl sites for hydroxylation is 1. The molecule has 0 spiro atoms. The van der Waals surface area contributed by atoms with Crippen LogP contribution in [0.1, 0.15) is 21.4 Å². The third-order valence-electron chi connectivity index (χ3n) is 4.57. The molecule has 1 aromatic heterocycles. The van der Waals surface area contributed by atoms with Gasteiger partial charge in [0.05, 0.1) is 12.2 Å². The van der Waals surface area contributed by atoms with Gasteiger partial charge in [0.2, 0.25) is 11.8 Å². The molecule has 1 saturated heterocycles. The van der Waals surface area contributed by atoms with Gasteiger partial charge in [0.15, 0.2) is 0 Å². The highest BCUT2D eigenvalue weighted by Crippen LogP contribution is 2.41. The fraction of sp³-hybridized carbons (Fsp3) is 0.182. The van der Waals surface area contributed by atoms with Crippen molar-refractivity contribution in [2.75, 3.05) is 16.0 Å². The molecule has 0 aliphatic carbocycles. The Morgan fingerprint density at radius 3 is 2.54 bits per heavy atom. The average Bonchev–Trinajstić information content (AvgIpc) is 3.33. The minimum atomic E-state index is -0.0499. The molecule has 1 atom stereocenters. The zero-order chi connectivity index (χ0) is 19.5. The summed E-state index contributed by atoms with van der Waals surface area (Å²) in [4.78, 5) is 27.5. The highest BCUT2D eigenvalue weighted by molar-refractivity contribution is 8.00. The highest BCUT2D eigenvalue weighted by Gasteiger charge is 2.33. The lowest BCUT2D eigenvalue weighted by atomic mass is 10.1. The maximum absolute atomic E-state index is 12.5. The van der Waals surface area contributed by atoms with Gasteiger partial charge in [-0.15, -0.1) is 23.1 Å². The number of anilines is 2. The lowest BCUT2D eigenvalue weighted by Gasteiger charge is -2.24. The zero-order valence-corrected chi connectivity index (χ0v) is 17.1. The van der Waals surface area contributed by atoms with Crippen LogP contribution in [0.15, 0.2) is 66.0 Å². The van der Waals surface area contributed by atoms with Crippen LogP contribution in [0.5, 0.6) is 0 Å². The minimum absolute atomic E-state index is 0.0260. The van der Waals surface area contributed by atoms with Gasteiger partial charge in [-0.3, -0.25) is 14.5 Å². The van der Waals surface area contributed by atoms with Crippen molar-refractivity contribution >= 4 is 46.3 Å². The topological polar surface area (TPSA) is 49.4 Å². The standard InChI is InChI=1S/C22H20N2O2S2/c1-15-4-10-18(11-5-15)24-21(26)14-28-22(24)16-6-8-17(9-7-16)23-20(25)13-19-3-2-12-27-19/h2-12,22H,13-14H2,1H3,(H,23,25). The van der Waals surface area contributed by atoms with E-state index in [9.17, 15) is 9.59 Å². The maximum atomic E-state index is 12.5. The van der Waals surface area contributed by atoms with Gasteiger partial charge in [0.25, 0.3) is 0 Å². The molecule has 6 heteroatoms. The van der Waals surface area contributed by atoms with Crippen molar-refractivity contribution in [3.05, 3.63) is 82.0 Å².